The van der Waals surface area contributed by atoms with E-state index in [0.29, 0.717) is 6.54 Å². The molecule has 0 unspecified atom stereocenters. The molecular formula is C17H19N3O. The lowest BCUT2D eigenvalue weighted by Crippen LogP contribution is -2.33. The van der Waals surface area contributed by atoms with Gasteiger partial charge in [0.25, 0.3) is 5.91 Å². The summed E-state index contributed by atoms with van der Waals surface area (Å²) in [4.78, 5) is 13.9. The van der Waals surface area contributed by atoms with E-state index >= 15 is 0 Å². The predicted molar refractivity (Wildman–Crippen MR) is 85.4 cm³/mol. The summed E-state index contributed by atoms with van der Waals surface area (Å²) < 4.78 is 0. The largest absolute Gasteiger partial charge is 0.294 e. The Labute approximate surface area is 124 Å². The maximum absolute atomic E-state index is 11.8. The summed E-state index contributed by atoms with van der Waals surface area (Å²) in [6.45, 7) is 2.47. The second-order valence-electron chi connectivity index (χ2n) is 5.34. The van der Waals surface area contributed by atoms with Gasteiger partial charge < -0.3 is 0 Å². The number of carbonyl (C=O) groups excluding carboxylic acids is 1. The highest BCUT2D eigenvalue weighted by atomic mass is 16.2. The molecule has 108 valence electrons. The molecule has 4 heteroatoms. The van der Waals surface area contributed by atoms with Gasteiger partial charge in [-0.1, -0.05) is 42.5 Å². The third kappa shape index (κ3) is 3.47. The minimum absolute atomic E-state index is 0.0478. The fourth-order valence-corrected chi connectivity index (χ4v) is 2.72. The van der Waals surface area contributed by atoms with Crippen molar-refractivity contribution in [3.63, 3.8) is 0 Å². The molecule has 2 aromatic rings. The Morgan fingerprint density at radius 3 is 2.76 bits per heavy atom. The molecule has 3 rings (SSSR count). The molecule has 0 radical (unpaired) electrons. The van der Waals surface area contributed by atoms with Crippen molar-refractivity contribution >= 4 is 22.9 Å². The lowest BCUT2D eigenvalue weighted by Gasteiger charge is -2.12. The number of hydrazone groups is 1. The van der Waals surface area contributed by atoms with E-state index in [4.69, 9.17) is 0 Å². The van der Waals surface area contributed by atoms with Crippen molar-refractivity contribution in [2.75, 3.05) is 19.6 Å². The van der Waals surface area contributed by atoms with E-state index in [1.807, 2.05) is 24.3 Å². The number of amides is 1. The number of hydrogen-bond donors (Lipinski definition) is 1. The van der Waals surface area contributed by atoms with Crippen LogP contribution in [0.1, 0.15) is 18.4 Å². The molecular weight excluding hydrogens is 262 g/mol. The Kier molecular flexibility index (Phi) is 4.26. The lowest BCUT2D eigenvalue weighted by molar-refractivity contribution is -0.121. The molecule has 1 heterocycles. The van der Waals surface area contributed by atoms with Gasteiger partial charge in [0, 0.05) is 5.56 Å². The van der Waals surface area contributed by atoms with Crippen LogP contribution in [0.4, 0.5) is 0 Å². The quantitative estimate of drug-likeness (QED) is 0.691. The van der Waals surface area contributed by atoms with Crippen molar-refractivity contribution in [2.45, 2.75) is 12.8 Å². The summed E-state index contributed by atoms with van der Waals surface area (Å²) in [5.74, 6) is -0.0478. The average Bonchev–Trinajstić information content (AvgIpc) is 3.00. The molecule has 0 saturated carbocycles. The van der Waals surface area contributed by atoms with Crippen LogP contribution in [0.2, 0.25) is 0 Å². The maximum Gasteiger partial charge on any atom is 0.254 e. The molecule has 1 saturated heterocycles. The molecule has 1 amide bonds. The molecule has 1 fully saturated rings. The van der Waals surface area contributed by atoms with Gasteiger partial charge in [0.05, 0.1) is 12.8 Å². The van der Waals surface area contributed by atoms with Crippen molar-refractivity contribution in [1.29, 1.82) is 0 Å². The zero-order valence-corrected chi connectivity index (χ0v) is 12.0. The number of benzene rings is 2. The number of nitrogens with zero attached hydrogens (tertiary/aromatic N) is 2. The zero-order chi connectivity index (χ0) is 14.5. The smallest absolute Gasteiger partial charge is 0.254 e. The molecule has 1 aliphatic heterocycles. The van der Waals surface area contributed by atoms with Gasteiger partial charge >= 0.3 is 0 Å². The fourth-order valence-electron chi connectivity index (χ4n) is 2.72. The van der Waals surface area contributed by atoms with E-state index < -0.39 is 0 Å². The predicted octanol–water partition coefficient (Wildman–Crippen LogP) is 2.39. The molecule has 1 N–H and O–H groups in total. The second-order valence-corrected chi connectivity index (χ2v) is 5.34. The average molecular weight is 281 g/mol. The van der Waals surface area contributed by atoms with E-state index in [0.717, 1.165) is 24.0 Å². The van der Waals surface area contributed by atoms with Gasteiger partial charge in [0.1, 0.15) is 0 Å². The van der Waals surface area contributed by atoms with E-state index in [1.165, 1.54) is 18.2 Å². The highest BCUT2D eigenvalue weighted by molar-refractivity contribution is 5.99. The van der Waals surface area contributed by atoms with Crippen molar-refractivity contribution in [3.8, 4) is 0 Å². The number of fused-ring (bicyclic) bond motifs is 1. The molecule has 0 atom stereocenters. The molecule has 0 spiro atoms. The molecule has 21 heavy (non-hydrogen) atoms. The molecule has 0 bridgehead atoms. The Balaban J connectivity index is 1.63. The van der Waals surface area contributed by atoms with Gasteiger partial charge in [-0.25, -0.2) is 5.43 Å². The van der Waals surface area contributed by atoms with Gasteiger partial charge in [-0.2, -0.15) is 5.10 Å². The van der Waals surface area contributed by atoms with Crippen LogP contribution in [0, 0.1) is 0 Å². The van der Waals surface area contributed by atoms with Crippen LogP contribution in [0.15, 0.2) is 47.6 Å². The van der Waals surface area contributed by atoms with Gasteiger partial charge in [-0.3, -0.25) is 9.69 Å². The molecule has 2 aromatic carbocycles. The van der Waals surface area contributed by atoms with Crippen LogP contribution < -0.4 is 5.43 Å². The van der Waals surface area contributed by atoms with Gasteiger partial charge in [0.15, 0.2) is 0 Å². The highest BCUT2D eigenvalue weighted by Gasteiger charge is 2.14. The van der Waals surface area contributed by atoms with E-state index in [-0.39, 0.29) is 5.91 Å². The number of likely N-dealkylation sites (tertiary alicyclic amines) is 1. The Morgan fingerprint density at radius 2 is 1.90 bits per heavy atom. The molecule has 0 aliphatic carbocycles. The standard InChI is InChI=1S/C17H19N3O/c21-17(13-20-10-3-4-11-20)19-18-12-15-8-5-7-14-6-1-2-9-16(14)15/h1-2,5-9,12H,3-4,10-11,13H2,(H,19,21)/b18-12-. The number of carbonyl (C=O) groups is 1. The van der Waals surface area contributed by atoms with Crippen LogP contribution in [0.5, 0.6) is 0 Å². The minimum atomic E-state index is -0.0478. The van der Waals surface area contributed by atoms with E-state index in [2.05, 4.69) is 33.6 Å². The van der Waals surface area contributed by atoms with Gasteiger partial charge in [0.2, 0.25) is 0 Å². The van der Waals surface area contributed by atoms with Crippen LogP contribution in [0.25, 0.3) is 10.8 Å². The summed E-state index contributed by atoms with van der Waals surface area (Å²) in [6.07, 6.45) is 4.09. The fraction of sp³-hybridized carbons (Fsp3) is 0.294. The van der Waals surface area contributed by atoms with Crippen molar-refractivity contribution in [3.05, 3.63) is 48.0 Å². The summed E-state index contributed by atoms with van der Waals surface area (Å²) in [7, 11) is 0. The van der Waals surface area contributed by atoms with Crippen LogP contribution in [-0.4, -0.2) is 36.7 Å². The van der Waals surface area contributed by atoms with Crippen molar-refractivity contribution < 1.29 is 4.79 Å². The monoisotopic (exact) mass is 281 g/mol. The second kappa shape index (κ2) is 6.50. The summed E-state index contributed by atoms with van der Waals surface area (Å²) >= 11 is 0. The third-order valence-corrected chi connectivity index (χ3v) is 3.78. The topological polar surface area (TPSA) is 44.7 Å². The lowest BCUT2D eigenvalue weighted by atomic mass is 10.1. The first-order chi connectivity index (χ1) is 10.3. The van der Waals surface area contributed by atoms with Crippen molar-refractivity contribution in [1.82, 2.24) is 10.3 Å². The molecule has 0 aromatic heterocycles. The van der Waals surface area contributed by atoms with E-state index in [1.54, 1.807) is 6.21 Å². The summed E-state index contributed by atoms with van der Waals surface area (Å²) in [5.41, 5.74) is 3.62. The summed E-state index contributed by atoms with van der Waals surface area (Å²) in [5, 5.41) is 6.39. The zero-order valence-electron chi connectivity index (χ0n) is 12.0. The number of rotatable bonds is 4. The third-order valence-electron chi connectivity index (χ3n) is 3.78. The van der Waals surface area contributed by atoms with Crippen LogP contribution >= 0.6 is 0 Å². The Morgan fingerprint density at radius 1 is 1.14 bits per heavy atom. The first-order valence-electron chi connectivity index (χ1n) is 7.35. The van der Waals surface area contributed by atoms with E-state index in [9.17, 15) is 4.79 Å². The van der Waals surface area contributed by atoms with Crippen LogP contribution in [-0.2, 0) is 4.79 Å². The van der Waals surface area contributed by atoms with Crippen molar-refractivity contribution in [2.24, 2.45) is 5.10 Å². The molecule has 1 aliphatic rings. The Bertz CT molecular complexity index is 655. The summed E-state index contributed by atoms with van der Waals surface area (Å²) in [6, 6.07) is 14.2. The normalized spacial score (nSPS) is 15.8. The Hall–Kier alpha value is -2.20. The highest BCUT2D eigenvalue weighted by Crippen LogP contribution is 2.16. The first kappa shape index (κ1) is 13.8. The number of nitrogens with one attached hydrogen (secondary N) is 1. The first-order valence-corrected chi connectivity index (χ1v) is 7.35. The number of hydrogen-bond acceptors (Lipinski definition) is 3. The van der Waals surface area contributed by atoms with Gasteiger partial charge in [-0.05, 0) is 36.7 Å². The van der Waals surface area contributed by atoms with Gasteiger partial charge in [-0.15, -0.1) is 0 Å². The maximum atomic E-state index is 11.8. The SMILES string of the molecule is O=C(CN1CCCC1)N/N=C\c1cccc2ccccc12. The minimum Gasteiger partial charge on any atom is -0.294 e. The molecule has 4 nitrogen and oxygen atoms in total. The van der Waals surface area contributed by atoms with Crippen LogP contribution in [0.3, 0.4) is 0 Å².